The number of amides is 1. The third-order valence-corrected chi connectivity index (χ3v) is 2.95. The van der Waals surface area contributed by atoms with Gasteiger partial charge in [-0.15, -0.1) is 0 Å². The molecule has 0 fully saturated rings. The topological polar surface area (TPSA) is 71.2 Å². The van der Waals surface area contributed by atoms with Crippen LogP contribution in [0.5, 0.6) is 0 Å². The zero-order chi connectivity index (χ0) is 13.1. The Labute approximate surface area is 102 Å². The molecule has 1 rings (SSSR count). The van der Waals surface area contributed by atoms with Gasteiger partial charge in [-0.3, -0.25) is 9.78 Å². The first-order valence-electron chi connectivity index (χ1n) is 5.50. The van der Waals surface area contributed by atoms with E-state index in [1.807, 2.05) is 20.2 Å². The number of aromatic nitrogens is 1. The Hall–Kier alpha value is -1.62. The normalized spacial score (nSPS) is 11.6. The first kappa shape index (κ1) is 13.4. The maximum Gasteiger partial charge on any atom is 0.267 e. The molecule has 5 heteroatoms. The van der Waals surface area contributed by atoms with Crippen molar-refractivity contribution in [1.29, 1.82) is 0 Å². The second-order valence-electron chi connectivity index (χ2n) is 4.85. The monoisotopic (exact) mass is 236 g/mol. The summed E-state index contributed by atoms with van der Waals surface area (Å²) in [5.41, 5.74) is 6.33. The van der Waals surface area contributed by atoms with Gasteiger partial charge in [-0.05, 0) is 40.1 Å². The molecule has 5 nitrogen and oxygen atoms in total. The average Bonchev–Trinajstić information content (AvgIpc) is 2.26. The number of hydrogen-bond acceptors (Lipinski definition) is 4. The van der Waals surface area contributed by atoms with Crippen molar-refractivity contribution in [2.45, 2.75) is 19.4 Å². The molecule has 0 atom stereocenters. The number of rotatable bonds is 5. The van der Waals surface area contributed by atoms with Gasteiger partial charge in [0.05, 0.1) is 0 Å². The van der Waals surface area contributed by atoms with E-state index >= 15 is 0 Å². The van der Waals surface area contributed by atoms with Crippen molar-refractivity contribution in [2.24, 2.45) is 5.73 Å². The fraction of sp³-hybridized carbons (Fsp3) is 0.500. The van der Waals surface area contributed by atoms with Crippen molar-refractivity contribution in [1.82, 2.24) is 9.88 Å². The molecule has 0 saturated carbocycles. The number of primary amides is 1. The number of pyridine rings is 1. The first-order valence-corrected chi connectivity index (χ1v) is 5.50. The van der Waals surface area contributed by atoms with Crippen LogP contribution < -0.4 is 11.1 Å². The Kier molecular flexibility index (Phi) is 4.07. The van der Waals surface area contributed by atoms with Crippen LogP contribution >= 0.6 is 0 Å². The number of carbonyl (C=O) groups excluding carboxylic acids is 1. The molecule has 0 bridgehead atoms. The zero-order valence-corrected chi connectivity index (χ0v) is 10.8. The number of carbonyl (C=O) groups is 1. The lowest BCUT2D eigenvalue weighted by Gasteiger charge is -2.33. The molecule has 17 heavy (non-hydrogen) atoms. The van der Waals surface area contributed by atoms with Gasteiger partial charge in [0.15, 0.2) is 0 Å². The van der Waals surface area contributed by atoms with Crippen molar-refractivity contribution < 1.29 is 4.79 Å². The Morgan fingerprint density at radius 3 is 2.71 bits per heavy atom. The molecule has 0 aliphatic rings. The smallest absolute Gasteiger partial charge is 0.267 e. The van der Waals surface area contributed by atoms with Crippen molar-refractivity contribution in [2.75, 3.05) is 26.0 Å². The fourth-order valence-electron chi connectivity index (χ4n) is 1.15. The molecule has 0 unspecified atom stereocenters. The summed E-state index contributed by atoms with van der Waals surface area (Å²) in [6.07, 6.45) is 1.57. The van der Waals surface area contributed by atoms with Crippen LogP contribution in [-0.2, 0) is 0 Å². The molecule has 1 aromatic rings. The lowest BCUT2D eigenvalue weighted by molar-refractivity contribution is 0.0995. The lowest BCUT2D eigenvalue weighted by atomic mass is 10.0. The predicted octanol–water partition coefficient (Wildman–Crippen LogP) is 0.933. The molecule has 0 spiro atoms. The molecule has 94 valence electrons. The highest BCUT2D eigenvalue weighted by atomic mass is 16.1. The minimum absolute atomic E-state index is 0.0240. The quantitative estimate of drug-likeness (QED) is 0.798. The second kappa shape index (κ2) is 5.14. The van der Waals surface area contributed by atoms with E-state index < -0.39 is 5.91 Å². The minimum atomic E-state index is -0.513. The molecule has 0 radical (unpaired) electrons. The first-order chi connectivity index (χ1) is 7.83. The van der Waals surface area contributed by atoms with E-state index in [2.05, 4.69) is 29.0 Å². The Morgan fingerprint density at radius 2 is 2.18 bits per heavy atom. The van der Waals surface area contributed by atoms with Crippen molar-refractivity contribution in [3.8, 4) is 0 Å². The van der Waals surface area contributed by atoms with Gasteiger partial charge in [0, 0.05) is 24.0 Å². The van der Waals surface area contributed by atoms with Gasteiger partial charge in [0.2, 0.25) is 0 Å². The van der Waals surface area contributed by atoms with Crippen molar-refractivity contribution in [3.05, 3.63) is 24.0 Å². The van der Waals surface area contributed by atoms with Crippen LogP contribution in [0.15, 0.2) is 18.3 Å². The summed E-state index contributed by atoms with van der Waals surface area (Å²) in [4.78, 5) is 17.0. The number of hydrogen-bond donors (Lipinski definition) is 2. The number of anilines is 1. The summed E-state index contributed by atoms with van der Waals surface area (Å²) in [5.74, 6) is -0.513. The summed E-state index contributed by atoms with van der Waals surface area (Å²) in [7, 11) is 4.06. The molecule has 0 aromatic carbocycles. The predicted molar refractivity (Wildman–Crippen MR) is 69.0 cm³/mol. The van der Waals surface area contributed by atoms with Gasteiger partial charge in [0.25, 0.3) is 5.91 Å². The van der Waals surface area contributed by atoms with Gasteiger partial charge < -0.3 is 16.0 Å². The Morgan fingerprint density at radius 1 is 1.53 bits per heavy atom. The molecule has 1 aromatic heterocycles. The molecule has 1 amide bonds. The van der Waals surface area contributed by atoms with Crippen LogP contribution in [0.4, 0.5) is 5.69 Å². The molecule has 0 aliphatic heterocycles. The largest absolute Gasteiger partial charge is 0.383 e. The van der Waals surface area contributed by atoms with Crippen molar-refractivity contribution in [3.63, 3.8) is 0 Å². The Bertz CT molecular complexity index is 401. The summed E-state index contributed by atoms with van der Waals surface area (Å²) < 4.78 is 0. The van der Waals surface area contributed by atoms with Crippen LogP contribution in [-0.4, -0.2) is 42.0 Å². The SMILES string of the molecule is CN(C)C(C)(C)CNc1ccnc(C(N)=O)c1. The van der Waals surface area contributed by atoms with Gasteiger partial charge in [-0.2, -0.15) is 0 Å². The summed E-state index contributed by atoms with van der Waals surface area (Å²) >= 11 is 0. The van der Waals surface area contributed by atoms with E-state index in [-0.39, 0.29) is 11.2 Å². The van der Waals surface area contributed by atoms with Crippen LogP contribution in [0.2, 0.25) is 0 Å². The van der Waals surface area contributed by atoms with Crippen LogP contribution in [0.1, 0.15) is 24.3 Å². The maximum atomic E-state index is 11.0. The van der Waals surface area contributed by atoms with E-state index in [4.69, 9.17) is 5.73 Å². The fourth-order valence-corrected chi connectivity index (χ4v) is 1.15. The molecular formula is C12H20N4O. The van der Waals surface area contributed by atoms with Crippen LogP contribution in [0.3, 0.4) is 0 Å². The van der Waals surface area contributed by atoms with Crippen LogP contribution in [0, 0.1) is 0 Å². The zero-order valence-electron chi connectivity index (χ0n) is 10.8. The molecule has 0 aliphatic carbocycles. The van der Waals surface area contributed by atoms with Gasteiger partial charge >= 0.3 is 0 Å². The molecular weight excluding hydrogens is 216 g/mol. The van der Waals surface area contributed by atoms with E-state index in [1.54, 1.807) is 12.3 Å². The number of nitrogens with two attached hydrogens (primary N) is 1. The molecule has 0 saturated heterocycles. The highest BCUT2D eigenvalue weighted by Gasteiger charge is 2.19. The van der Waals surface area contributed by atoms with Gasteiger partial charge in [-0.25, -0.2) is 0 Å². The standard InChI is InChI=1S/C12H20N4O/c1-12(2,16(3)4)8-15-9-5-6-14-10(7-9)11(13)17/h5-7H,8H2,1-4H3,(H2,13,17)(H,14,15). The highest BCUT2D eigenvalue weighted by molar-refractivity contribution is 5.91. The summed E-state index contributed by atoms with van der Waals surface area (Å²) in [6, 6.07) is 3.48. The molecule has 3 N–H and O–H groups in total. The minimum Gasteiger partial charge on any atom is -0.383 e. The lowest BCUT2D eigenvalue weighted by Crippen LogP contribution is -2.44. The van der Waals surface area contributed by atoms with Crippen LogP contribution in [0.25, 0.3) is 0 Å². The number of nitrogens with one attached hydrogen (secondary N) is 1. The number of nitrogens with zero attached hydrogens (tertiary/aromatic N) is 2. The molecule has 1 heterocycles. The van der Waals surface area contributed by atoms with E-state index in [0.717, 1.165) is 12.2 Å². The third kappa shape index (κ3) is 3.71. The number of likely N-dealkylation sites (N-methyl/N-ethyl adjacent to an activating group) is 1. The highest BCUT2D eigenvalue weighted by Crippen LogP contribution is 2.13. The summed E-state index contributed by atoms with van der Waals surface area (Å²) in [5, 5.41) is 3.27. The Balaban J connectivity index is 2.70. The summed E-state index contributed by atoms with van der Waals surface area (Å²) in [6.45, 7) is 5.04. The third-order valence-electron chi connectivity index (χ3n) is 2.95. The second-order valence-corrected chi connectivity index (χ2v) is 4.85. The van der Waals surface area contributed by atoms with Gasteiger partial charge in [-0.1, -0.05) is 0 Å². The van der Waals surface area contributed by atoms with Gasteiger partial charge in [0.1, 0.15) is 5.69 Å². The van der Waals surface area contributed by atoms with Crippen molar-refractivity contribution >= 4 is 11.6 Å². The van der Waals surface area contributed by atoms with E-state index in [1.165, 1.54) is 0 Å². The van der Waals surface area contributed by atoms with E-state index in [0.29, 0.717) is 0 Å². The van der Waals surface area contributed by atoms with E-state index in [9.17, 15) is 4.79 Å². The average molecular weight is 236 g/mol. The maximum absolute atomic E-state index is 11.0.